The van der Waals surface area contributed by atoms with Gasteiger partial charge in [0.2, 0.25) is 0 Å². The van der Waals surface area contributed by atoms with Gasteiger partial charge in [0.1, 0.15) is 5.82 Å². The number of aromatic nitrogens is 2. The van der Waals surface area contributed by atoms with Crippen LogP contribution in [0.3, 0.4) is 0 Å². The molecule has 122 valence electrons. The molecule has 0 radical (unpaired) electrons. The zero-order valence-electron chi connectivity index (χ0n) is 13.8. The predicted molar refractivity (Wildman–Crippen MR) is 101 cm³/mol. The third-order valence-corrected chi connectivity index (χ3v) is 3.45. The van der Waals surface area contributed by atoms with Crippen LogP contribution in [0.2, 0.25) is 0 Å². The Hall–Kier alpha value is -0.790. The number of imidazole rings is 1. The molecule has 0 aliphatic rings. The van der Waals surface area contributed by atoms with E-state index in [2.05, 4.69) is 38.7 Å². The van der Waals surface area contributed by atoms with Crippen LogP contribution in [-0.2, 0) is 6.54 Å². The Balaban J connectivity index is 0.00000400. The van der Waals surface area contributed by atoms with Crippen molar-refractivity contribution in [3.63, 3.8) is 0 Å². The van der Waals surface area contributed by atoms with Crippen LogP contribution < -0.4 is 5.32 Å². The number of unbranched alkanes of at least 4 members (excludes halogenated alkanes) is 2. The van der Waals surface area contributed by atoms with Crippen molar-refractivity contribution in [1.82, 2.24) is 19.8 Å². The first-order valence-corrected chi connectivity index (χ1v) is 7.58. The maximum Gasteiger partial charge on any atom is 0.193 e. The summed E-state index contributed by atoms with van der Waals surface area (Å²) in [5.74, 6) is 2.09. The lowest BCUT2D eigenvalue weighted by molar-refractivity contribution is 0.462. The van der Waals surface area contributed by atoms with Crippen LogP contribution in [0.15, 0.2) is 17.4 Å². The van der Waals surface area contributed by atoms with Crippen molar-refractivity contribution in [3.05, 3.63) is 18.2 Å². The second-order valence-electron chi connectivity index (χ2n) is 5.12. The molecule has 0 saturated heterocycles. The zero-order chi connectivity index (χ0) is 14.8. The van der Waals surface area contributed by atoms with E-state index in [4.69, 9.17) is 0 Å². The number of aliphatic imine (C=N–C) groups is 1. The number of hydrogen-bond acceptors (Lipinski definition) is 2. The Morgan fingerprint density at radius 1 is 1.38 bits per heavy atom. The van der Waals surface area contributed by atoms with Gasteiger partial charge in [-0.1, -0.05) is 13.3 Å². The van der Waals surface area contributed by atoms with Gasteiger partial charge >= 0.3 is 0 Å². The van der Waals surface area contributed by atoms with Crippen molar-refractivity contribution in [2.75, 3.05) is 27.2 Å². The van der Waals surface area contributed by atoms with Crippen LogP contribution in [0.5, 0.6) is 0 Å². The Bertz CT molecular complexity index is 403. The smallest absolute Gasteiger partial charge is 0.193 e. The number of aryl methyl sites for hydroxylation is 2. The highest BCUT2D eigenvalue weighted by Gasteiger charge is 2.04. The molecular formula is C15H30IN5. The van der Waals surface area contributed by atoms with Crippen LogP contribution in [0.1, 0.15) is 38.4 Å². The highest BCUT2D eigenvalue weighted by Crippen LogP contribution is 1.99. The first kappa shape index (κ1) is 20.2. The minimum atomic E-state index is 0. The van der Waals surface area contributed by atoms with Crippen LogP contribution in [-0.4, -0.2) is 47.6 Å². The van der Waals surface area contributed by atoms with Crippen molar-refractivity contribution < 1.29 is 0 Å². The van der Waals surface area contributed by atoms with E-state index in [-0.39, 0.29) is 24.0 Å². The molecule has 1 aromatic rings. The maximum atomic E-state index is 4.32. The molecule has 0 spiro atoms. The molecule has 0 atom stereocenters. The minimum absolute atomic E-state index is 0. The molecule has 0 unspecified atom stereocenters. The first-order chi connectivity index (χ1) is 9.69. The monoisotopic (exact) mass is 407 g/mol. The van der Waals surface area contributed by atoms with E-state index >= 15 is 0 Å². The highest BCUT2D eigenvalue weighted by molar-refractivity contribution is 14.0. The number of nitrogens with one attached hydrogen (secondary N) is 1. The third-order valence-electron chi connectivity index (χ3n) is 3.45. The van der Waals surface area contributed by atoms with Gasteiger partial charge in [-0.05, 0) is 26.2 Å². The summed E-state index contributed by atoms with van der Waals surface area (Å²) in [6.07, 6.45) is 8.61. The fraction of sp³-hybridized carbons (Fsp3) is 0.733. The van der Waals surface area contributed by atoms with Gasteiger partial charge in [0.05, 0.1) is 0 Å². The minimum Gasteiger partial charge on any atom is -0.356 e. The largest absolute Gasteiger partial charge is 0.356 e. The standard InChI is InChI=1S/C15H29N5.HI/c1-5-6-11-19(4)15(16-3)18-9-7-8-12-20-13-10-17-14(20)2;/h10,13H,5-9,11-12H2,1-4H3,(H,16,18);1H. The second-order valence-corrected chi connectivity index (χ2v) is 5.12. The molecule has 0 fully saturated rings. The lowest BCUT2D eigenvalue weighted by Gasteiger charge is -2.21. The van der Waals surface area contributed by atoms with Crippen LogP contribution in [0.25, 0.3) is 0 Å². The summed E-state index contributed by atoms with van der Waals surface area (Å²) < 4.78 is 2.20. The summed E-state index contributed by atoms with van der Waals surface area (Å²) in [4.78, 5) is 10.7. The Kier molecular flexibility index (Phi) is 11.4. The highest BCUT2D eigenvalue weighted by atomic mass is 127. The molecule has 0 aliphatic heterocycles. The number of guanidine groups is 1. The Morgan fingerprint density at radius 3 is 2.71 bits per heavy atom. The molecule has 0 bridgehead atoms. The topological polar surface area (TPSA) is 45.5 Å². The molecule has 5 nitrogen and oxygen atoms in total. The SMILES string of the molecule is CCCCN(C)C(=NC)NCCCCn1ccnc1C.I. The van der Waals surface area contributed by atoms with Crippen molar-refractivity contribution in [2.45, 2.75) is 46.1 Å². The molecule has 0 aliphatic carbocycles. The lowest BCUT2D eigenvalue weighted by atomic mass is 10.3. The van der Waals surface area contributed by atoms with E-state index in [1.165, 1.54) is 12.8 Å². The molecule has 1 heterocycles. The van der Waals surface area contributed by atoms with Gasteiger partial charge in [-0.15, -0.1) is 24.0 Å². The van der Waals surface area contributed by atoms with Crippen molar-refractivity contribution in [3.8, 4) is 0 Å². The zero-order valence-corrected chi connectivity index (χ0v) is 16.1. The second kappa shape index (κ2) is 11.8. The van der Waals surface area contributed by atoms with Gasteiger partial charge in [-0.3, -0.25) is 4.99 Å². The number of rotatable bonds is 8. The summed E-state index contributed by atoms with van der Waals surface area (Å²) in [5.41, 5.74) is 0. The fourth-order valence-electron chi connectivity index (χ4n) is 2.13. The Morgan fingerprint density at radius 2 is 2.14 bits per heavy atom. The maximum absolute atomic E-state index is 4.32. The van der Waals surface area contributed by atoms with E-state index in [9.17, 15) is 0 Å². The average Bonchev–Trinajstić information content (AvgIpc) is 2.85. The van der Waals surface area contributed by atoms with Gasteiger partial charge in [0, 0.05) is 46.1 Å². The summed E-state index contributed by atoms with van der Waals surface area (Å²) >= 11 is 0. The average molecular weight is 407 g/mol. The molecule has 0 aromatic carbocycles. The number of nitrogens with zero attached hydrogens (tertiary/aromatic N) is 4. The fourth-order valence-corrected chi connectivity index (χ4v) is 2.13. The Labute approximate surface area is 146 Å². The molecule has 21 heavy (non-hydrogen) atoms. The van der Waals surface area contributed by atoms with Gasteiger partial charge < -0.3 is 14.8 Å². The van der Waals surface area contributed by atoms with E-state index < -0.39 is 0 Å². The van der Waals surface area contributed by atoms with Gasteiger partial charge in [0.25, 0.3) is 0 Å². The van der Waals surface area contributed by atoms with E-state index in [1.54, 1.807) is 0 Å². The van der Waals surface area contributed by atoms with Gasteiger partial charge in [0.15, 0.2) is 5.96 Å². The summed E-state index contributed by atoms with van der Waals surface area (Å²) in [7, 11) is 3.94. The first-order valence-electron chi connectivity index (χ1n) is 7.58. The van der Waals surface area contributed by atoms with E-state index in [1.807, 2.05) is 26.4 Å². The number of halogens is 1. The van der Waals surface area contributed by atoms with Crippen LogP contribution in [0.4, 0.5) is 0 Å². The quantitative estimate of drug-likeness (QED) is 0.312. The van der Waals surface area contributed by atoms with Crippen molar-refractivity contribution in [1.29, 1.82) is 0 Å². The molecule has 1 aromatic heterocycles. The lowest BCUT2D eigenvalue weighted by Crippen LogP contribution is -2.39. The molecule has 1 rings (SSSR count). The third kappa shape index (κ3) is 7.68. The normalized spacial score (nSPS) is 11.1. The van der Waals surface area contributed by atoms with Crippen molar-refractivity contribution >= 4 is 29.9 Å². The van der Waals surface area contributed by atoms with Crippen molar-refractivity contribution in [2.24, 2.45) is 4.99 Å². The van der Waals surface area contributed by atoms with E-state index in [0.29, 0.717) is 0 Å². The summed E-state index contributed by atoms with van der Waals surface area (Å²) in [6, 6.07) is 0. The van der Waals surface area contributed by atoms with Gasteiger partial charge in [-0.25, -0.2) is 4.98 Å². The molecule has 0 amide bonds. The van der Waals surface area contributed by atoms with Gasteiger partial charge in [-0.2, -0.15) is 0 Å². The summed E-state index contributed by atoms with van der Waals surface area (Å²) in [5, 5.41) is 3.42. The van der Waals surface area contributed by atoms with E-state index in [0.717, 1.165) is 44.3 Å². The molecular weight excluding hydrogens is 377 g/mol. The molecule has 0 saturated carbocycles. The predicted octanol–water partition coefficient (Wildman–Crippen LogP) is 2.90. The molecule has 6 heteroatoms. The van der Waals surface area contributed by atoms with Crippen LogP contribution in [0, 0.1) is 6.92 Å². The summed E-state index contributed by atoms with van der Waals surface area (Å²) in [6.45, 7) is 7.32. The molecule has 1 N–H and O–H groups in total. The van der Waals surface area contributed by atoms with Crippen LogP contribution >= 0.6 is 24.0 Å². The number of hydrogen-bond donors (Lipinski definition) is 1.